The molecule has 1 aromatic carbocycles. The van der Waals surface area contributed by atoms with Crippen molar-refractivity contribution < 1.29 is 32.5 Å². The Morgan fingerprint density at radius 2 is 1.88 bits per heavy atom. The number of aliphatic hydroxyl groups is 1. The Hall–Kier alpha value is -1.80. The molecule has 0 spiro atoms. The molecule has 0 bridgehead atoms. The zero-order chi connectivity index (χ0) is 23.8. The standard InChI is InChI=1S/C25H36F3NO4/c1-2-3-4-5-6-8-20(30)15-19(17-29-12-7-9-23(29)25(26,27)28)24(31)18-10-11-21-22(16-18)33-14-13-32-21/h10-11,16,19,23-24,31H,2-9,12-15,17H2,1H3/t19-,23+,24-/m1/s1. The molecule has 0 amide bonds. The lowest BCUT2D eigenvalue weighted by Gasteiger charge is -2.32. The van der Waals surface area contributed by atoms with Gasteiger partial charge in [-0.2, -0.15) is 13.2 Å². The summed E-state index contributed by atoms with van der Waals surface area (Å²) in [6.45, 7) is 3.31. The topological polar surface area (TPSA) is 59.0 Å². The largest absolute Gasteiger partial charge is 0.486 e. The molecule has 2 heterocycles. The van der Waals surface area contributed by atoms with Gasteiger partial charge < -0.3 is 14.6 Å². The number of ketones is 1. The maximum atomic E-state index is 13.5. The Morgan fingerprint density at radius 1 is 1.15 bits per heavy atom. The Labute approximate surface area is 194 Å². The molecule has 8 heteroatoms. The highest BCUT2D eigenvalue weighted by Gasteiger charge is 2.46. The van der Waals surface area contributed by atoms with Crippen LogP contribution in [0.25, 0.3) is 0 Å². The molecule has 1 aromatic rings. The van der Waals surface area contributed by atoms with Crippen LogP contribution in [0.4, 0.5) is 13.2 Å². The normalized spacial score (nSPS) is 20.6. The fourth-order valence-electron chi connectivity index (χ4n) is 4.83. The van der Waals surface area contributed by atoms with Crippen molar-refractivity contribution in [2.24, 2.45) is 5.92 Å². The summed E-state index contributed by atoms with van der Waals surface area (Å²) in [5, 5.41) is 11.2. The van der Waals surface area contributed by atoms with Crippen molar-refractivity contribution in [1.82, 2.24) is 4.90 Å². The van der Waals surface area contributed by atoms with E-state index in [0.29, 0.717) is 49.7 Å². The van der Waals surface area contributed by atoms with Gasteiger partial charge >= 0.3 is 6.18 Å². The Morgan fingerprint density at radius 3 is 2.61 bits per heavy atom. The quantitative estimate of drug-likeness (QED) is 0.411. The van der Waals surface area contributed by atoms with Gasteiger partial charge in [-0.1, -0.05) is 38.7 Å². The molecule has 33 heavy (non-hydrogen) atoms. The van der Waals surface area contributed by atoms with E-state index >= 15 is 0 Å². The number of rotatable bonds is 12. The third kappa shape index (κ3) is 7.34. The maximum absolute atomic E-state index is 13.5. The first-order chi connectivity index (χ1) is 15.8. The fourth-order valence-corrected chi connectivity index (χ4v) is 4.83. The van der Waals surface area contributed by atoms with Crippen LogP contribution < -0.4 is 9.47 Å². The van der Waals surface area contributed by atoms with E-state index in [1.807, 2.05) is 0 Å². The molecule has 1 fully saturated rings. The summed E-state index contributed by atoms with van der Waals surface area (Å²) >= 11 is 0. The second kappa shape index (κ2) is 12.1. The fraction of sp³-hybridized carbons (Fsp3) is 0.720. The monoisotopic (exact) mass is 471 g/mol. The van der Waals surface area contributed by atoms with Crippen LogP contribution in [0.2, 0.25) is 0 Å². The SMILES string of the molecule is CCCCCCCC(=O)C[C@H](CN1CCC[C@H]1C(F)(F)F)[C@H](O)c1ccc2c(c1)OCCO2. The number of carbonyl (C=O) groups excluding carboxylic acids is 1. The third-order valence-corrected chi connectivity index (χ3v) is 6.61. The first kappa shape index (κ1) is 25.8. The van der Waals surface area contributed by atoms with Crippen molar-refractivity contribution in [3.8, 4) is 11.5 Å². The molecule has 1 saturated heterocycles. The molecule has 2 aliphatic rings. The number of ether oxygens (including phenoxy) is 2. The van der Waals surface area contributed by atoms with Crippen LogP contribution in [0.15, 0.2) is 18.2 Å². The number of likely N-dealkylation sites (tertiary alicyclic amines) is 1. The van der Waals surface area contributed by atoms with Gasteiger partial charge in [0, 0.05) is 25.3 Å². The van der Waals surface area contributed by atoms with Gasteiger partial charge in [-0.15, -0.1) is 0 Å². The van der Waals surface area contributed by atoms with Crippen LogP contribution in [-0.2, 0) is 4.79 Å². The number of aliphatic hydroxyl groups excluding tert-OH is 1. The third-order valence-electron chi connectivity index (χ3n) is 6.61. The minimum absolute atomic E-state index is 0.00384. The van der Waals surface area contributed by atoms with Gasteiger partial charge in [0.05, 0.1) is 6.10 Å². The molecule has 0 radical (unpaired) electrons. The maximum Gasteiger partial charge on any atom is 0.404 e. The summed E-state index contributed by atoms with van der Waals surface area (Å²) < 4.78 is 51.6. The summed E-state index contributed by atoms with van der Waals surface area (Å²) in [5.74, 6) is 0.455. The van der Waals surface area contributed by atoms with Crippen molar-refractivity contribution in [3.05, 3.63) is 23.8 Å². The van der Waals surface area contributed by atoms with Crippen LogP contribution >= 0.6 is 0 Å². The van der Waals surface area contributed by atoms with Gasteiger partial charge in [-0.25, -0.2) is 0 Å². The number of benzene rings is 1. The number of fused-ring (bicyclic) bond motifs is 1. The summed E-state index contributed by atoms with van der Waals surface area (Å²) in [6, 6.07) is 3.56. The van der Waals surface area contributed by atoms with Gasteiger partial charge in [0.1, 0.15) is 25.0 Å². The van der Waals surface area contributed by atoms with Gasteiger partial charge in [-0.05, 0) is 43.5 Å². The molecular weight excluding hydrogens is 435 g/mol. The predicted octanol–water partition coefficient (Wildman–Crippen LogP) is 5.45. The number of carbonyl (C=O) groups is 1. The zero-order valence-corrected chi connectivity index (χ0v) is 19.4. The number of Topliss-reactive ketones (excluding diaryl/α,β-unsaturated/α-hetero) is 1. The van der Waals surface area contributed by atoms with Crippen molar-refractivity contribution in [3.63, 3.8) is 0 Å². The Balaban J connectivity index is 1.71. The van der Waals surface area contributed by atoms with Crippen LogP contribution in [0.1, 0.15) is 76.4 Å². The van der Waals surface area contributed by atoms with E-state index in [1.54, 1.807) is 18.2 Å². The lowest BCUT2D eigenvalue weighted by Crippen LogP contribution is -2.44. The van der Waals surface area contributed by atoms with Gasteiger partial charge in [0.2, 0.25) is 0 Å². The van der Waals surface area contributed by atoms with E-state index in [1.165, 1.54) is 4.90 Å². The van der Waals surface area contributed by atoms with E-state index in [9.17, 15) is 23.1 Å². The van der Waals surface area contributed by atoms with E-state index < -0.39 is 24.2 Å². The molecule has 186 valence electrons. The average molecular weight is 472 g/mol. The highest BCUT2D eigenvalue weighted by molar-refractivity contribution is 5.78. The smallest absolute Gasteiger partial charge is 0.404 e. The van der Waals surface area contributed by atoms with Crippen molar-refractivity contribution in [1.29, 1.82) is 0 Å². The second-order valence-electron chi connectivity index (χ2n) is 9.21. The van der Waals surface area contributed by atoms with Crippen molar-refractivity contribution >= 4 is 5.78 Å². The van der Waals surface area contributed by atoms with E-state index in [2.05, 4.69) is 6.92 Å². The van der Waals surface area contributed by atoms with E-state index in [4.69, 9.17) is 9.47 Å². The first-order valence-corrected chi connectivity index (χ1v) is 12.2. The van der Waals surface area contributed by atoms with Crippen LogP contribution in [0.5, 0.6) is 11.5 Å². The Kier molecular flexibility index (Phi) is 9.44. The zero-order valence-electron chi connectivity index (χ0n) is 19.4. The lowest BCUT2D eigenvalue weighted by molar-refractivity contribution is -0.178. The number of nitrogens with zero attached hydrogens (tertiary/aromatic N) is 1. The molecule has 0 aliphatic carbocycles. The number of hydrogen-bond donors (Lipinski definition) is 1. The molecule has 5 nitrogen and oxygen atoms in total. The van der Waals surface area contributed by atoms with Crippen molar-refractivity contribution in [2.75, 3.05) is 26.3 Å². The molecule has 2 aliphatic heterocycles. The van der Waals surface area contributed by atoms with E-state index in [-0.39, 0.29) is 25.2 Å². The first-order valence-electron chi connectivity index (χ1n) is 12.2. The highest BCUT2D eigenvalue weighted by atomic mass is 19.4. The molecule has 3 rings (SSSR count). The number of hydrogen-bond acceptors (Lipinski definition) is 5. The number of unbranched alkanes of at least 4 members (excludes halogenated alkanes) is 4. The second-order valence-corrected chi connectivity index (χ2v) is 9.21. The number of alkyl halides is 3. The number of halogens is 3. The van der Waals surface area contributed by atoms with Crippen LogP contribution in [-0.4, -0.2) is 54.3 Å². The van der Waals surface area contributed by atoms with E-state index in [0.717, 1.165) is 32.1 Å². The minimum Gasteiger partial charge on any atom is -0.486 e. The molecule has 0 unspecified atom stereocenters. The molecule has 0 saturated carbocycles. The summed E-state index contributed by atoms with van der Waals surface area (Å²) in [5.41, 5.74) is 0.530. The summed E-state index contributed by atoms with van der Waals surface area (Å²) in [4.78, 5) is 14.1. The van der Waals surface area contributed by atoms with Crippen LogP contribution in [0.3, 0.4) is 0 Å². The Bertz CT molecular complexity index is 771. The lowest BCUT2D eigenvalue weighted by atomic mass is 9.89. The molecule has 3 atom stereocenters. The average Bonchev–Trinajstić information content (AvgIpc) is 3.26. The molecular formula is C25H36F3NO4. The van der Waals surface area contributed by atoms with Crippen LogP contribution in [0, 0.1) is 5.92 Å². The highest BCUT2D eigenvalue weighted by Crippen LogP contribution is 2.38. The van der Waals surface area contributed by atoms with Gasteiger partial charge in [0.15, 0.2) is 11.5 Å². The molecule has 1 N–H and O–H groups in total. The summed E-state index contributed by atoms with van der Waals surface area (Å²) in [6.07, 6.45) is 0.671. The van der Waals surface area contributed by atoms with Crippen molar-refractivity contribution in [2.45, 2.75) is 83.0 Å². The van der Waals surface area contributed by atoms with Gasteiger partial charge in [-0.3, -0.25) is 9.69 Å². The predicted molar refractivity (Wildman–Crippen MR) is 120 cm³/mol. The minimum atomic E-state index is -4.31. The summed E-state index contributed by atoms with van der Waals surface area (Å²) in [7, 11) is 0. The molecule has 0 aromatic heterocycles. The van der Waals surface area contributed by atoms with Gasteiger partial charge in [0.25, 0.3) is 0 Å².